The molecule has 2 aliphatic heterocycles. The molecule has 3 aliphatic rings. The van der Waals surface area contributed by atoms with Crippen LogP contribution in [0.3, 0.4) is 0 Å². The number of H-pyrrole nitrogens is 1. The predicted molar refractivity (Wildman–Crippen MR) is 127 cm³/mol. The third kappa shape index (κ3) is 4.36. The lowest BCUT2D eigenvalue weighted by molar-refractivity contribution is -0.131. The number of aromatic amines is 1. The van der Waals surface area contributed by atoms with Gasteiger partial charge in [0.1, 0.15) is 16.7 Å². The first kappa shape index (κ1) is 21.9. The molecule has 1 amide bonds. The molecule has 1 N–H and O–H groups in total. The molecule has 0 atom stereocenters. The van der Waals surface area contributed by atoms with Crippen LogP contribution in [-0.2, 0) is 9.53 Å². The molecule has 170 valence electrons. The number of carbonyl (C=O) groups is 1. The summed E-state index contributed by atoms with van der Waals surface area (Å²) in [5.41, 5.74) is 5.58. The minimum absolute atomic E-state index is 0.0983. The van der Waals surface area contributed by atoms with Crippen LogP contribution in [0.25, 0.3) is 5.57 Å². The number of nitriles is 1. The maximum Gasteiger partial charge on any atom is 0.249 e. The van der Waals surface area contributed by atoms with Gasteiger partial charge >= 0.3 is 0 Å². The molecule has 0 radical (unpaired) electrons. The molecule has 2 saturated heterocycles. The maximum absolute atomic E-state index is 13.2. The maximum atomic E-state index is 13.2. The molecule has 1 aromatic carbocycles. The third-order valence-electron chi connectivity index (χ3n) is 7.04. The first-order chi connectivity index (χ1) is 16.0. The summed E-state index contributed by atoms with van der Waals surface area (Å²) < 4.78 is 5.47. The van der Waals surface area contributed by atoms with E-state index < -0.39 is 0 Å². The van der Waals surface area contributed by atoms with Crippen molar-refractivity contribution in [2.75, 3.05) is 26.3 Å². The summed E-state index contributed by atoms with van der Waals surface area (Å²) in [4.78, 5) is 23.2. The number of aromatic nitrogens is 2. The minimum atomic E-state index is 0.0983. The Morgan fingerprint density at radius 2 is 1.91 bits per heavy atom. The zero-order valence-corrected chi connectivity index (χ0v) is 19.5. The van der Waals surface area contributed by atoms with E-state index in [1.807, 2.05) is 35.2 Å². The van der Waals surface area contributed by atoms with Gasteiger partial charge in [-0.15, -0.1) is 0 Å². The Balaban J connectivity index is 1.30. The van der Waals surface area contributed by atoms with E-state index in [0.29, 0.717) is 35.6 Å². The second-order valence-electron chi connectivity index (χ2n) is 9.18. The summed E-state index contributed by atoms with van der Waals surface area (Å²) in [5, 5.41) is 9.51. The lowest BCUT2D eigenvalue weighted by Crippen LogP contribution is -2.49. The number of imidazole rings is 1. The molecule has 1 aliphatic carbocycles. The zero-order chi connectivity index (χ0) is 22.9. The van der Waals surface area contributed by atoms with Crippen molar-refractivity contribution in [1.29, 1.82) is 5.26 Å². The number of allylic oxidation sites excluding steroid dienone is 3. The summed E-state index contributed by atoms with van der Waals surface area (Å²) in [6, 6.07) is 9.80. The number of benzene rings is 1. The molecule has 33 heavy (non-hydrogen) atoms. The van der Waals surface area contributed by atoms with E-state index in [1.165, 1.54) is 11.1 Å². The number of nitrogens with zero attached hydrogens (tertiary/aromatic N) is 3. The van der Waals surface area contributed by atoms with Gasteiger partial charge in [-0.3, -0.25) is 4.79 Å². The van der Waals surface area contributed by atoms with Crippen molar-refractivity contribution in [3.8, 4) is 6.07 Å². The van der Waals surface area contributed by atoms with Crippen LogP contribution in [-0.4, -0.2) is 47.1 Å². The Morgan fingerprint density at radius 1 is 1.18 bits per heavy atom. The third-order valence-corrected chi connectivity index (χ3v) is 7.32. The Bertz CT molecular complexity index is 1160. The van der Waals surface area contributed by atoms with Gasteiger partial charge in [0.25, 0.3) is 0 Å². The monoisotopic (exact) mass is 462 g/mol. The Hall–Kier alpha value is -2.88. The van der Waals surface area contributed by atoms with Crippen molar-refractivity contribution < 1.29 is 9.53 Å². The van der Waals surface area contributed by atoms with Crippen molar-refractivity contribution in [2.45, 2.75) is 44.4 Å². The van der Waals surface area contributed by atoms with E-state index >= 15 is 0 Å². The van der Waals surface area contributed by atoms with Crippen molar-refractivity contribution in [3.63, 3.8) is 0 Å². The first-order valence-corrected chi connectivity index (χ1v) is 11.9. The first-order valence-electron chi connectivity index (χ1n) is 11.6. The molecule has 2 fully saturated rings. The number of amides is 1. The summed E-state index contributed by atoms with van der Waals surface area (Å²) in [5.74, 6) is 1.67. The fourth-order valence-corrected chi connectivity index (χ4v) is 5.11. The van der Waals surface area contributed by atoms with Crippen LogP contribution in [0.4, 0.5) is 0 Å². The molecule has 0 spiro atoms. The number of likely N-dealkylation sites (tertiary alicyclic amines) is 1. The van der Waals surface area contributed by atoms with E-state index in [4.69, 9.17) is 26.6 Å². The van der Waals surface area contributed by atoms with Crippen molar-refractivity contribution >= 4 is 23.1 Å². The van der Waals surface area contributed by atoms with Gasteiger partial charge < -0.3 is 14.6 Å². The molecule has 0 saturated carbocycles. The highest BCUT2D eigenvalue weighted by atomic mass is 35.5. The van der Waals surface area contributed by atoms with Crippen LogP contribution < -0.4 is 0 Å². The quantitative estimate of drug-likeness (QED) is 0.697. The largest absolute Gasteiger partial charge is 0.381 e. The lowest BCUT2D eigenvalue weighted by atomic mass is 9.87. The minimum Gasteiger partial charge on any atom is -0.381 e. The highest BCUT2D eigenvalue weighted by Crippen LogP contribution is 2.37. The number of carbonyl (C=O) groups excluding carboxylic acids is 1. The van der Waals surface area contributed by atoms with Crippen molar-refractivity contribution in [2.24, 2.45) is 0 Å². The van der Waals surface area contributed by atoms with E-state index in [2.05, 4.69) is 18.0 Å². The summed E-state index contributed by atoms with van der Waals surface area (Å²) in [7, 11) is 0. The fraction of sp³-hybridized carbons (Fsp3) is 0.423. The van der Waals surface area contributed by atoms with Crippen LogP contribution in [0.5, 0.6) is 0 Å². The zero-order valence-electron chi connectivity index (χ0n) is 18.7. The number of hydrogen-bond donors (Lipinski definition) is 1. The van der Waals surface area contributed by atoms with Crippen LogP contribution in [0, 0.1) is 11.3 Å². The number of halogens is 1. The smallest absolute Gasteiger partial charge is 0.249 e. The normalized spacial score (nSPS) is 19.8. The molecule has 1 aromatic heterocycles. The molecule has 2 aromatic rings. The molecule has 3 heterocycles. The second kappa shape index (κ2) is 9.17. The number of rotatable bonds is 4. The average Bonchev–Trinajstić information content (AvgIpc) is 3.20. The van der Waals surface area contributed by atoms with Crippen LogP contribution in [0.2, 0.25) is 5.15 Å². The molecular formula is C26H27ClN4O2. The van der Waals surface area contributed by atoms with Gasteiger partial charge in [-0.05, 0) is 56.4 Å². The summed E-state index contributed by atoms with van der Waals surface area (Å²) in [6.45, 7) is 5.00. The highest BCUT2D eigenvalue weighted by Gasteiger charge is 2.34. The molecule has 6 nitrogen and oxygen atoms in total. The van der Waals surface area contributed by atoms with Gasteiger partial charge in [0.15, 0.2) is 0 Å². The van der Waals surface area contributed by atoms with Gasteiger partial charge in [-0.2, -0.15) is 5.26 Å². The van der Waals surface area contributed by atoms with Gasteiger partial charge in [0.05, 0.1) is 11.6 Å². The van der Waals surface area contributed by atoms with Gasteiger partial charge in [0.2, 0.25) is 5.91 Å². The second-order valence-corrected chi connectivity index (χ2v) is 9.55. The highest BCUT2D eigenvalue weighted by molar-refractivity contribution is 6.31. The summed E-state index contributed by atoms with van der Waals surface area (Å²) >= 11 is 6.57. The predicted octanol–water partition coefficient (Wildman–Crippen LogP) is 4.95. The van der Waals surface area contributed by atoms with Crippen LogP contribution >= 0.6 is 11.6 Å². The van der Waals surface area contributed by atoms with Gasteiger partial charge in [0, 0.05) is 49.3 Å². The number of hydrogen-bond acceptors (Lipinski definition) is 4. The van der Waals surface area contributed by atoms with Crippen molar-refractivity contribution in [3.05, 3.63) is 69.3 Å². The molecular weight excluding hydrogens is 436 g/mol. The topological polar surface area (TPSA) is 82.0 Å². The van der Waals surface area contributed by atoms with Crippen LogP contribution in [0.1, 0.15) is 67.1 Å². The Labute approximate surface area is 198 Å². The van der Waals surface area contributed by atoms with E-state index in [-0.39, 0.29) is 5.91 Å². The molecule has 0 unspecified atom stereocenters. The fourth-order valence-electron chi connectivity index (χ4n) is 4.87. The van der Waals surface area contributed by atoms with E-state index in [0.717, 1.165) is 61.6 Å². The SMILES string of the molecule is CC1=C(c2nc(C3CCOCC3)[nH]c2Cl)C=C(C(=O)N2CC(c3ccc(C#N)cc3)C2)CC1. The molecule has 5 rings (SSSR count). The van der Waals surface area contributed by atoms with E-state index in [1.54, 1.807) is 0 Å². The number of ether oxygens (including phenoxy) is 1. The van der Waals surface area contributed by atoms with E-state index in [9.17, 15) is 4.79 Å². The summed E-state index contributed by atoms with van der Waals surface area (Å²) in [6.07, 6.45) is 5.44. The Morgan fingerprint density at radius 3 is 2.61 bits per heavy atom. The number of nitrogens with one attached hydrogen (secondary N) is 1. The van der Waals surface area contributed by atoms with Crippen LogP contribution in [0.15, 0.2) is 41.5 Å². The molecule has 7 heteroatoms. The van der Waals surface area contributed by atoms with Gasteiger partial charge in [-0.25, -0.2) is 4.98 Å². The lowest BCUT2D eigenvalue weighted by Gasteiger charge is -2.40. The Kier molecular flexibility index (Phi) is 6.09. The standard InChI is InChI=1S/C26H27ClN4O2/c1-16-2-5-20(26(32)31-14-21(15-31)18-6-3-17(13-28)4-7-18)12-22(16)23-24(27)30-25(29-23)19-8-10-33-11-9-19/h3-4,6-7,12,19,21H,2,5,8-11,14-15H2,1H3,(H,29,30). The van der Waals surface area contributed by atoms with Gasteiger partial charge in [-0.1, -0.05) is 29.3 Å². The van der Waals surface area contributed by atoms with Crippen molar-refractivity contribution in [1.82, 2.24) is 14.9 Å². The average molecular weight is 463 g/mol. The molecule has 0 bridgehead atoms.